The Bertz CT molecular complexity index is 729. The Kier molecular flexibility index (Phi) is 4.43. The van der Waals surface area contributed by atoms with E-state index in [1.165, 1.54) is 0 Å². The van der Waals surface area contributed by atoms with Crippen LogP contribution < -0.4 is 9.47 Å². The Labute approximate surface area is 138 Å². The maximum atomic E-state index is 12.6. The predicted octanol–water partition coefficient (Wildman–Crippen LogP) is 3.07. The zero-order chi connectivity index (χ0) is 16.4. The molecule has 23 heavy (non-hydrogen) atoms. The molecule has 6 nitrogen and oxygen atoms in total. The minimum Gasteiger partial charge on any atom is -0.489 e. The predicted molar refractivity (Wildman–Crippen MR) is 84.1 cm³/mol. The zero-order valence-corrected chi connectivity index (χ0v) is 13.7. The molecule has 0 saturated carbocycles. The molecule has 1 amide bonds. The molecule has 0 bridgehead atoms. The van der Waals surface area contributed by atoms with E-state index < -0.39 is 0 Å². The van der Waals surface area contributed by atoms with E-state index in [-0.39, 0.29) is 5.91 Å². The molecule has 1 aromatic carbocycles. The lowest BCUT2D eigenvalue weighted by molar-refractivity contribution is 0.0781. The second-order valence-corrected chi connectivity index (χ2v) is 5.83. The monoisotopic (exact) mass is 336 g/mol. The molecule has 1 aliphatic heterocycles. The number of amides is 1. The molecule has 3 rings (SSSR count). The molecule has 0 aliphatic carbocycles. The van der Waals surface area contributed by atoms with Crippen LogP contribution in [0.25, 0.3) is 0 Å². The average molecular weight is 337 g/mol. The summed E-state index contributed by atoms with van der Waals surface area (Å²) in [6.07, 6.45) is 0.777. The van der Waals surface area contributed by atoms with Crippen LogP contribution in [0, 0.1) is 6.92 Å². The zero-order valence-electron chi connectivity index (χ0n) is 13.0. The number of rotatable bonds is 3. The minimum atomic E-state index is -0.178. The van der Waals surface area contributed by atoms with Crippen molar-refractivity contribution in [3.8, 4) is 11.5 Å². The highest BCUT2D eigenvalue weighted by molar-refractivity contribution is 6.32. The van der Waals surface area contributed by atoms with Gasteiger partial charge in [0.1, 0.15) is 11.5 Å². The smallest absolute Gasteiger partial charge is 0.254 e. The first kappa shape index (κ1) is 15.7. The summed E-state index contributed by atoms with van der Waals surface area (Å²) in [4.78, 5) is 14.1. The lowest BCUT2D eigenvalue weighted by Crippen LogP contribution is -2.26. The van der Waals surface area contributed by atoms with Crippen LogP contribution in [0.1, 0.15) is 28.2 Å². The molecule has 0 atom stereocenters. The topological polar surface area (TPSA) is 64.8 Å². The standard InChI is InChI=1S/C16H17ClN2O4/c1-10-6-12(18-23-10)9-19(2)16(20)11-7-13(17)15-14(8-11)21-4-3-5-22-15/h6-8H,3-5,9H2,1-2H3. The maximum Gasteiger partial charge on any atom is 0.254 e. The van der Waals surface area contributed by atoms with Crippen LogP contribution in [0.4, 0.5) is 0 Å². The second kappa shape index (κ2) is 6.50. The Morgan fingerprint density at radius 1 is 1.30 bits per heavy atom. The van der Waals surface area contributed by atoms with Gasteiger partial charge in [-0.3, -0.25) is 4.79 Å². The number of carbonyl (C=O) groups excluding carboxylic acids is 1. The summed E-state index contributed by atoms with van der Waals surface area (Å²) in [6, 6.07) is 5.06. The van der Waals surface area contributed by atoms with Crippen LogP contribution in [-0.2, 0) is 6.54 Å². The van der Waals surface area contributed by atoms with Crippen molar-refractivity contribution in [1.29, 1.82) is 0 Å². The number of carbonyl (C=O) groups is 1. The quantitative estimate of drug-likeness (QED) is 0.861. The summed E-state index contributed by atoms with van der Waals surface area (Å²) in [5, 5.41) is 4.27. The first-order valence-electron chi connectivity index (χ1n) is 7.31. The number of ether oxygens (including phenoxy) is 2. The lowest BCUT2D eigenvalue weighted by Gasteiger charge is -2.17. The lowest BCUT2D eigenvalue weighted by atomic mass is 10.1. The summed E-state index contributed by atoms with van der Waals surface area (Å²) >= 11 is 6.23. The van der Waals surface area contributed by atoms with Gasteiger partial charge in [0.2, 0.25) is 0 Å². The van der Waals surface area contributed by atoms with E-state index in [1.807, 2.05) is 6.92 Å². The highest BCUT2D eigenvalue weighted by Crippen LogP contribution is 2.38. The molecule has 7 heteroatoms. The number of halogens is 1. The van der Waals surface area contributed by atoms with Gasteiger partial charge in [-0.05, 0) is 19.1 Å². The third-order valence-electron chi connectivity index (χ3n) is 3.47. The fourth-order valence-electron chi connectivity index (χ4n) is 2.38. The highest BCUT2D eigenvalue weighted by atomic mass is 35.5. The molecular formula is C16H17ClN2O4. The molecule has 0 unspecified atom stereocenters. The molecule has 0 radical (unpaired) electrons. The molecule has 0 spiro atoms. The molecular weight excluding hydrogens is 320 g/mol. The summed E-state index contributed by atoms with van der Waals surface area (Å²) in [7, 11) is 1.70. The van der Waals surface area contributed by atoms with E-state index >= 15 is 0 Å². The van der Waals surface area contributed by atoms with Crippen molar-refractivity contribution < 1.29 is 18.8 Å². The SMILES string of the molecule is Cc1cc(CN(C)C(=O)c2cc(Cl)c3c(c2)OCCCO3)no1. The Morgan fingerprint density at radius 2 is 2.09 bits per heavy atom. The number of aryl methyl sites for hydroxylation is 1. The van der Waals surface area contributed by atoms with Gasteiger partial charge in [0.05, 0.1) is 24.8 Å². The van der Waals surface area contributed by atoms with Crippen molar-refractivity contribution in [3.63, 3.8) is 0 Å². The molecule has 0 fully saturated rings. The first-order valence-corrected chi connectivity index (χ1v) is 7.69. The number of hydrogen-bond acceptors (Lipinski definition) is 5. The van der Waals surface area contributed by atoms with E-state index in [4.69, 9.17) is 25.6 Å². The van der Waals surface area contributed by atoms with Gasteiger partial charge < -0.3 is 18.9 Å². The summed E-state index contributed by atoms with van der Waals surface area (Å²) in [5.74, 6) is 1.53. The number of nitrogens with zero attached hydrogens (tertiary/aromatic N) is 2. The van der Waals surface area contributed by atoms with E-state index in [0.29, 0.717) is 53.3 Å². The van der Waals surface area contributed by atoms with E-state index in [0.717, 1.165) is 6.42 Å². The first-order chi connectivity index (χ1) is 11.0. The maximum absolute atomic E-state index is 12.6. The second-order valence-electron chi connectivity index (χ2n) is 5.43. The molecule has 1 aromatic heterocycles. The van der Waals surface area contributed by atoms with Crippen LogP contribution in [0.3, 0.4) is 0 Å². The van der Waals surface area contributed by atoms with Crippen molar-refractivity contribution in [2.75, 3.05) is 20.3 Å². The van der Waals surface area contributed by atoms with Crippen LogP contribution >= 0.6 is 11.6 Å². The Morgan fingerprint density at radius 3 is 2.83 bits per heavy atom. The normalized spacial score (nSPS) is 13.5. The summed E-state index contributed by atoms with van der Waals surface area (Å²) in [5.41, 5.74) is 1.14. The average Bonchev–Trinajstić information content (AvgIpc) is 2.78. The molecule has 0 saturated heterocycles. The Balaban J connectivity index is 1.81. The molecule has 1 aliphatic rings. The number of aromatic nitrogens is 1. The summed E-state index contributed by atoms with van der Waals surface area (Å²) < 4.78 is 16.2. The highest BCUT2D eigenvalue weighted by Gasteiger charge is 2.21. The van der Waals surface area contributed by atoms with Gasteiger partial charge in [-0.2, -0.15) is 0 Å². The van der Waals surface area contributed by atoms with Crippen molar-refractivity contribution in [2.45, 2.75) is 19.9 Å². The van der Waals surface area contributed by atoms with Crippen LogP contribution in [-0.4, -0.2) is 36.2 Å². The molecule has 2 heterocycles. The van der Waals surface area contributed by atoms with Gasteiger partial charge in [-0.1, -0.05) is 16.8 Å². The van der Waals surface area contributed by atoms with E-state index in [2.05, 4.69) is 5.16 Å². The van der Waals surface area contributed by atoms with Crippen LogP contribution in [0.2, 0.25) is 5.02 Å². The van der Waals surface area contributed by atoms with Crippen LogP contribution in [0.15, 0.2) is 22.7 Å². The van der Waals surface area contributed by atoms with Crippen LogP contribution in [0.5, 0.6) is 11.5 Å². The number of benzene rings is 1. The third kappa shape index (κ3) is 3.42. The number of hydrogen-bond donors (Lipinski definition) is 0. The van der Waals surface area contributed by atoms with Gasteiger partial charge in [0, 0.05) is 25.1 Å². The Hall–Kier alpha value is -2.21. The largest absolute Gasteiger partial charge is 0.489 e. The van der Waals surface area contributed by atoms with E-state index in [1.54, 1.807) is 30.1 Å². The van der Waals surface area contributed by atoms with E-state index in [9.17, 15) is 4.79 Å². The molecule has 0 N–H and O–H groups in total. The van der Waals surface area contributed by atoms with Crippen molar-refractivity contribution in [2.24, 2.45) is 0 Å². The minimum absolute atomic E-state index is 0.178. The van der Waals surface area contributed by atoms with Crippen molar-refractivity contribution in [1.82, 2.24) is 10.1 Å². The van der Waals surface area contributed by atoms with Gasteiger partial charge in [-0.15, -0.1) is 0 Å². The van der Waals surface area contributed by atoms with Gasteiger partial charge >= 0.3 is 0 Å². The summed E-state index contributed by atoms with van der Waals surface area (Å²) in [6.45, 7) is 3.24. The van der Waals surface area contributed by atoms with Crippen molar-refractivity contribution >= 4 is 17.5 Å². The molecule has 122 valence electrons. The van der Waals surface area contributed by atoms with Gasteiger partial charge in [0.15, 0.2) is 11.5 Å². The van der Waals surface area contributed by atoms with Gasteiger partial charge in [0.25, 0.3) is 5.91 Å². The molecule has 2 aromatic rings. The van der Waals surface area contributed by atoms with Gasteiger partial charge in [-0.25, -0.2) is 0 Å². The van der Waals surface area contributed by atoms with Crippen molar-refractivity contribution in [3.05, 3.63) is 40.2 Å². The fraction of sp³-hybridized carbons (Fsp3) is 0.375. The number of fused-ring (bicyclic) bond motifs is 1. The third-order valence-corrected chi connectivity index (χ3v) is 3.75. The fourth-order valence-corrected chi connectivity index (χ4v) is 2.65.